The number of carbonyl (C=O) groups excluding carboxylic acids is 6. The van der Waals surface area contributed by atoms with E-state index in [0.717, 1.165) is 37.7 Å². The minimum atomic E-state index is -1.35. The molecule has 7 aliphatic carbocycles. The molecular weight excluding hydrogens is 777 g/mol. The van der Waals surface area contributed by atoms with Crippen LogP contribution in [0.4, 0.5) is 0 Å². The fraction of sp³-hybridized carbons (Fsp3) is 0.750. The van der Waals surface area contributed by atoms with Crippen molar-refractivity contribution in [2.24, 2.45) is 39.9 Å². The lowest BCUT2D eigenvalue weighted by molar-refractivity contribution is -0.170. The molecule has 1 aromatic carbocycles. The molecule has 4 amide bonds. The molecule has 9 fully saturated rings. The van der Waals surface area contributed by atoms with E-state index in [-0.39, 0.29) is 59.1 Å². The van der Waals surface area contributed by atoms with Crippen LogP contribution in [-0.2, 0) is 38.2 Å². The van der Waals surface area contributed by atoms with Crippen molar-refractivity contribution in [2.45, 2.75) is 165 Å². The average Bonchev–Trinajstić information content (AvgIpc) is 4.00. The van der Waals surface area contributed by atoms with E-state index in [1.165, 1.54) is 4.90 Å². The second kappa shape index (κ2) is 13.2. The number of ether oxygens (including phenoxy) is 3. The van der Waals surface area contributed by atoms with Crippen molar-refractivity contribution in [1.82, 2.24) is 20.4 Å². The number of nitrogens with zero attached hydrogens (tertiary/aromatic N) is 2. The van der Waals surface area contributed by atoms with Gasteiger partial charge < -0.3 is 34.6 Å². The van der Waals surface area contributed by atoms with Gasteiger partial charge in [-0.25, -0.2) is 4.79 Å². The van der Waals surface area contributed by atoms with Crippen molar-refractivity contribution in [2.75, 3.05) is 20.7 Å². The van der Waals surface area contributed by atoms with Gasteiger partial charge >= 0.3 is 11.9 Å². The first kappa shape index (κ1) is 40.9. The summed E-state index contributed by atoms with van der Waals surface area (Å²) in [5.41, 5.74) is -4.77. The molecule has 10 rings (SSSR count). The lowest BCUT2D eigenvalue weighted by Crippen LogP contribution is -2.60. The molecule has 2 N–H and O–H groups in total. The van der Waals surface area contributed by atoms with Crippen molar-refractivity contribution in [3.8, 4) is 5.75 Å². The van der Waals surface area contributed by atoms with Crippen LogP contribution in [0.25, 0.3) is 0 Å². The van der Waals surface area contributed by atoms with Crippen LogP contribution in [0, 0.1) is 39.9 Å². The van der Waals surface area contributed by atoms with Crippen LogP contribution in [0.1, 0.15) is 136 Å². The quantitative estimate of drug-likeness (QED) is 0.381. The number of esters is 2. The number of hydrogen-bond acceptors (Lipinski definition) is 9. The zero-order chi connectivity index (χ0) is 43.3. The Labute approximate surface area is 359 Å². The van der Waals surface area contributed by atoms with E-state index in [9.17, 15) is 19.2 Å². The van der Waals surface area contributed by atoms with E-state index < -0.39 is 63.0 Å². The molecule has 330 valence electrons. The molecule has 7 saturated carbocycles. The van der Waals surface area contributed by atoms with Gasteiger partial charge in [-0.15, -0.1) is 0 Å². The third-order valence-electron chi connectivity index (χ3n) is 17.8. The summed E-state index contributed by atoms with van der Waals surface area (Å²) >= 11 is 0. The van der Waals surface area contributed by atoms with Gasteiger partial charge in [0, 0.05) is 24.9 Å². The summed E-state index contributed by atoms with van der Waals surface area (Å²) in [6.45, 7) is 10.2. The SMILES string of the molecule is CCC1C2(CC2)C12NC(=O)C1(CC1)C1(CC1)OC(=O)C1(CC1c1ccc(OC)cc1)N(C)C(=O)[C@@H]1CCCN1C(=O)C1(C[C@H]1C(C)C)NC(=O)[C@H](C(C)C)OC(=O)CC21CC1. The average molecular weight is 841 g/mol. The Kier molecular flexibility index (Phi) is 8.84. The van der Waals surface area contributed by atoms with Gasteiger partial charge in [-0.3, -0.25) is 24.0 Å². The molecule has 61 heavy (non-hydrogen) atoms. The smallest absolute Gasteiger partial charge is 0.333 e. The van der Waals surface area contributed by atoms with E-state index in [0.29, 0.717) is 63.7 Å². The van der Waals surface area contributed by atoms with E-state index in [1.807, 2.05) is 52.0 Å². The van der Waals surface area contributed by atoms with Gasteiger partial charge in [0.2, 0.25) is 17.7 Å². The molecule has 1 aromatic rings. The fourth-order valence-corrected chi connectivity index (χ4v) is 13.7. The molecule has 2 heterocycles. The minimum absolute atomic E-state index is 0.0541. The number of rotatable bonds is 5. The first-order valence-electron chi connectivity index (χ1n) is 23.3. The largest absolute Gasteiger partial charge is 0.497 e. The van der Waals surface area contributed by atoms with Crippen LogP contribution < -0.4 is 15.4 Å². The van der Waals surface area contributed by atoms with Crippen molar-refractivity contribution < 1.29 is 43.0 Å². The molecular formula is C48H64N4O9. The van der Waals surface area contributed by atoms with Crippen LogP contribution in [-0.4, -0.2) is 100 Å². The monoisotopic (exact) mass is 840 g/mol. The molecule has 2 aliphatic heterocycles. The Morgan fingerprint density at radius 1 is 0.869 bits per heavy atom. The third kappa shape index (κ3) is 5.55. The maximum atomic E-state index is 15.1. The first-order valence-corrected chi connectivity index (χ1v) is 23.3. The van der Waals surface area contributed by atoms with Crippen LogP contribution in [0.2, 0.25) is 0 Å². The minimum Gasteiger partial charge on any atom is -0.497 e. The van der Waals surface area contributed by atoms with Crippen molar-refractivity contribution in [3.05, 3.63) is 29.8 Å². The highest BCUT2D eigenvalue weighted by molar-refractivity contribution is 6.01. The number of benzene rings is 1. The van der Waals surface area contributed by atoms with Gasteiger partial charge in [0.25, 0.3) is 5.91 Å². The summed E-state index contributed by atoms with van der Waals surface area (Å²) in [6.07, 6.45) is 7.36. The maximum absolute atomic E-state index is 15.1. The summed E-state index contributed by atoms with van der Waals surface area (Å²) < 4.78 is 18.3. The number of fused-ring (bicyclic) bond motifs is 4. The van der Waals surface area contributed by atoms with Crippen LogP contribution in [0.5, 0.6) is 5.75 Å². The van der Waals surface area contributed by atoms with Gasteiger partial charge in [0.05, 0.1) is 24.5 Å². The Morgan fingerprint density at radius 2 is 1.56 bits per heavy atom. The Hall–Kier alpha value is -4.16. The summed E-state index contributed by atoms with van der Waals surface area (Å²) in [5.74, 6) is -2.24. The topological polar surface area (TPSA) is 161 Å². The van der Waals surface area contributed by atoms with Crippen molar-refractivity contribution in [3.63, 3.8) is 0 Å². The lowest BCUT2D eigenvalue weighted by Gasteiger charge is -2.37. The number of hydrogen-bond donors (Lipinski definition) is 2. The first-order chi connectivity index (χ1) is 29.0. The van der Waals surface area contributed by atoms with Gasteiger partial charge in [-0.1, -0.05) is 53.2 Å². The Bertz CT molecular complexity index is 2080. The maximum Gasteiger partial charge on any atom is 0.333 e. The molecule has 0 aromatic heterocycles. The molecule has 8 atom stereocenters. The van der Waals surface area contributed by atoms with E-state index in [1.54, 1.807) is 19.1 Å². The number of carbonyl (C=O) groups is 6. The number of cyclic esters (lactones) is 1. The highest BCUT2D eigenvalue weighted by atomic mass is 16.6. The van der Waals surface area contributed by atoms with E-state index >= 15 is 9.59 Å². The van der Waals surface area contributed by atoms with Crippen LogP contribution in [0.15, 0.2) is 24.3 Å². The standard InChI is InChI=1S/C48H64N4O9/c1-8-34-43(17-18-43)48(34)42(15-16-42)26-35(53)60-36(28(4)5)37(54)49-46(24-31(46)27(2)3)40(57)52-23-9-10-33(52)38(55)51(6)47(25-32(47)29-11-13-30(59-7)14-12-29)41(58)61-45(21-22-45)44(19-20-44)39(56)50-48/h11-14,27-28,31-34,36H,8-10,15-26H2,1-7H3,(H,49,54)(H,50,56)/t31-,32?,33-,34?,36-,46?,47?,48?/m0/s1. The summed E-state index contributed by atoms with van der Waals surface area (Å²) in [6, 6.07) is 6.68. The zero-order valence-electron chi connectivity index (χ0n) is 37.0. The van der Waals surface area contributed by atoms with Gasteiger partial charge in [-0.05, 0) is 124 Å². The molecule has 13 heteroatoms. The van der Waals surface area contributed by atoms with Crippen LogP contribution >= 0.6 is 0 Å². The molecule has 0 radical (unpaired) electrons. The number of nitrogens with one attached hydrogen (secondary N) is 2. The van der Waals surface area contributed by atoms with Crippen LogP contribution in [0.3, 0.4) is 0 Å². The second-order valence-corrected chi connectivity index (χ2v) is 21.5. The predicted octanol–water partition coefficient (Wildman–Crippen LogP) is 5.18. The number of amides is 4. The Balaban J connectivity index is 1.04. The summed E-state index contributed by atoms with van der Waals surface area (Å²) in [5, 5.41) is 6.77. The molecule has 7 spiro atoms. The van der Waals surface area contributed by atoms with Crippen molar-refractivity contribution >= 4 is 35.6 Å². The lowest BCUT2D eigenvalue weighted by atomic mass is 9.84. The van der Waals surface area contributed by atoms with E-state index in [4.69, 9.17) is 14.2 Å². The number of methoxy groups -OCH3 is 1. The molecule has 5 unspecified atom stereocenters. The van der Waals surface area contributed by atoms with Gasteiger partial charge in [-0.2, -0.15) is 0 Å². The molecule has 13 nitrogen and oxygen atoms in total. The van der Waals surface area contributed by atoms with Gasteiger partial charge in [0.1, 0.15) is 28.5 Å². The van der Waals surface area contributed by atoms with Gasteiger partial charge in [0.15, 0.2) is 6.10 Å². The van der Waals surface area contributed by atoms with E-state index in [2.05, 4.69) is 17.6 Å². The highest BCUT2D eigenvalue weighted by Crippen LogP contribution is 2.87. The van der Waals surface area contributed by atoms with Crippen molar-refractivity contribution in [1.29, 1.82) is 0 Å². The highest BCUT2D eigenvalue weighted by Gasteiger charge is 2.90. The predicted molar refractivity (Wildman–Crippen MR) is 221 cm³/mol. The number of likely N-dealkylation sites (N-methyl/N-ethyl adjacent to an activating group) is 1. The normalized spacial score (nSPS) is 38.7. The molecule has 2 saturated heterocycles. The second-order valence-electron chi connectivity index (χ2n) is 21.5. The summed E-state index contributed by atoms with van der Waals surface area (Å²) in [7, 11) is 3.25. The zero-order valence-corrected chi connectivity index (χ0v) is 37.0. The Morgan fingerprint density at radius 3 is 2.08 bits per heavy atom. The third-order valence-corrected chi connectivity index (χ3v) is 17.8. The molecule has 9 aliphatic rings. The fourth-order valence-electron chi connectivity index (χ4n) is 13.7. The molecule has 0 bridgehead atoms. The summed E-state index contributed by atoms with van der Waals surface area (Å²) in [4.78, 5) is 91.8.